The number of nitrogens with one attached hydrogen (secondary N) is 1. The third-order valence-corrected chi connectivity index (χ3v) is 2.49. The van der Waals surface area contributed by atoms with Crippen LogP contribution in [-0.2, 0) is 9.47 Å². The molecule has 1 N–H and O–H groups in total. The zero-order chi connectivity index (χ0) is 9.57. The normalized spacial score (nSPS) is 29.1. The molecule has 0 aromatic rings. The van der Waals surface area contributed by atoms with Gasteiger partial charge in [0.1, 0.15) is 5.60 Å². The average molecular weight is 187 g/mol. The Hall–Kier alpha value is -0.120. The molecular weight excluding hydrogens is 166 g/mol. The molecule has 1 fully saturated rings. The lowest BCUT2D eigenvalue weighted by Crippen LogP contribution is -2.52. The second kappa shape index (κ2) is 5.58. The van der Waals surface area contributed by atoms with Gasteiger partial charge >= 0.3 is 0 Å². The number of hydrogen-bond donors (Lipinski definition) is 1. The van der Waals surface area contributed by atoms with E-state index in [1.165, 1.54) is 0 Å². The molecular formula is C10H21NO2. The number of ether oxygens (including phenoxy) is 2. The summed E-state index contributed by atoms with van der Waals surface area (Å²) in [5.41, 5.74) is -0.0621. The second-order valence-electron chi connectivity index (χ2n) is 3.61. The van der Waals surface area contributed by atoms with Gasteiger partial charge < -0.3 is 14.8 Å². The van der Waals surface area contributed by atoms with Crippen LogP contribution in [0.1, 0.15) is 26.7 Å². The van der Waals surface area contributed by atoms with E-state index in [2.05, 4.69) is 19.2 Å². The van der Waals surface area contributed by atoms with Gasteiger partial charge in [0.15, 0.2) is 0 Å². The number of morpholine rings is 1. The Morgan fingerprint density at radius 2 is 2.31 bits per heavy atom. The summed E-state index contributed by atoms with van der Waals surface area (Å²) in [5, 5.41) is 3.35. The first kappa shape index (κ1) is 11.0. The summed E-state index contributed by atoms with van der Waals surface area (Å²) in [4.78, 5) is 0. The highest BCUT2D eigenvalue weighted by Gasteiger charge is 2.31. The molecule has 1 saturated heterocycles. The van der Waals surface area contributed by atoms with E-state index in [4.69, 9.17) is 9.47 Å². The first-order valence-corrected chi connectivity index (χ1v) is 5.25. The second-order valence-corrected chi connectivity index (χ2v) is 3.61. The van der Waals surface area contributed by atoms with Crippen LogP contribution in [0.15, 0.2) is 0 Å². The van der Waals surface area contributed by atoms with Crippen molar-refractivity contribution >= 4 is 0 Å². The van der Waals surface area contributed by atoms with Gasteiger partial charge in [-0.15, -0.1) is 0 Å². The Morgan fingerprint density at radius 3 is 2.85 bits per heavy atom. The van der Waals surface area contributed by atoms with Crippen LogP contribution >= 0.6 is 0 Å². The van der Waals surface area contributed by atoms with E-state index < -0.39 is 0 Å². The molecule has 0 amide bonds. The van der Waals surface area contributed by atoms with Gasteiger partial charge in [-0.3, -0.25) is 0 Å². The van der Waals surface area contributed by atoms with Crippen molar-refractivity contribution in [3.8, 4) is 0 Å². The Morgan fingerprint density at radius 1 is 1.46 bits per heavy atom. The van der Waals surface area contributed by atoms with Crippen LogP contribution in [0, 0.1) is 0 Å². The van der Waals surface area contributed by atoms with Crippen molar-refractivity contribution in [2.24, 2.45) is 0 Å². The first-order chi connectivity index (χ1) is 6.33. The fourth-order valence-corrected chi connectivity index (χ4v) is 1.53. The van der Waals surface area contributed by atoms with E-state index >= 15 is 0 Å². The van der Waals surface area contributed by atoms with E-state index in [9.17, 15) is 0 Å². The minimum atomic E-state index is -0.0621. The Balaban J connectivity index is 2.29. The topological polar surface area (TPSA) is 30.5 Å². The largest absolute Gasteiger partial charge is 0.378 e. The summed E-state index contributed by atoms with van der Waals surface area (Å²) in [5.74, 6) is 0. The van der Waals surface area contributed by atoms with Crippen molar-refractivity contribution in [3.63, 3.8) is 0 Å². The molecule has 0 spiro atoms. The molecule has 1 rings (SSSR count). The molecule has 1 atom stereocenters. The molecule has 0 aromatic heterocycles. The van der Waals surface area contributed by atoms with Crippen LogP contribution in [-0.4, -0.2) is 38.5 Å². The molecule has 1 heterocycles. The van der Waals surface area contributed by atoms with Crippen molar-refractivity contribution in [1.82, 2.24) is 5.32 Å². The molecule has 0 aliphatic carbocycles. The molecule has 0 aromatic carbocycles. The quantitative estimate of drug-likeness (QED) is 0.656. The predicted molar refractivity (Wildman–Crippen MR) is 53.0 cm³/mol. The Bertz CT molecular complexity index is 133. The minimum absolute atomic E-state index is 0.0621. The maximum Gasteiger partial charge on any atom is 0.104 e. The summed E-state index contributed by atoms with van der Waals surface area (Å²) in [6.07, 6.45) is 2.09. The maximum absolute atomic E-state index is 5.77. The van der Waals surface area contributed by atoms with E-state index in [0.29, 0.717) is 0 Å². The van der Waals surface area contributed by atoms with Crippen LogP contribution < -0.4 is 5.32 Å². The summed E-state index contributed by atoms with van der Waals surface area (Å²) in [7, 11) is 0. The van der Waals surface area contributed by atoms with Crippen LogP contribution in [0.5, 0.6) is 0 Å². The van der Waals surface area contributed by atoms with Crippen molar-refractivity contribution in [1.29, 1.82) is 0 Å². The fourth-order valence-electron chi connectivity index (χ4n) is 1.53. The van der Waals surface area contributed by atoms with Gasteiger partial charge in [-0.05, 0) is 12.8 Å². The van der Waals surface area contributed by atoms with Gasteiger partial charge in [0.05, 0.1) is 13.2 Å². The van der Waals surface area contributed by atoms with Gasteiger partial charge in [0.25, 0.3) is 0 Å². The zero-order valence-corrected chi connectivity index (χ0v) is 8.77. The number of rotatable bonds is 5. The zero-order valence-electron chi connectivity index (χ0n) is 8.77. The summed E-state index contributed by atoms with van der Waals surface area (Å²) >= 11 is 0. The van der Waals surface area contributed by atoms with Crippen molar-refractivity contribution in [2.45, 2.75) is 32.3 Å². The molecule has 0 radical (unpaired) electrons. The fraction of sp³-hybridized carbons (Fsp3) is 1.00. The summed E-state index contributed by atoms with van der Waals surface area (Å²) in [6.45, 7) is 8.54. The van der Waals surface area contributed by atoms with E-state index in [1.807, 2.05) is 0 Å². The lowest BCUT2D eigenvalue weighted by molar-refractivity contribution is -0.114. The highest BCUT2D eigenvalue weighted by molar-refractivity contribution is 4.84. The van der Waals surface area contributed by atoms with Crippen molar-refractivity contribution in [2.75, 3.05) is 32.9 Å². The standard InChI is InChI=1S/C10H21NO2/c1-3-6-12-9-10(4-2)8-11-5-7-13-10/h11H,3-9H2,1-2H3. The van der Waals surface area contributed by atoms with Crippen LogP contribution in [0.3, 0.4) is 0 Å². The van der Waals surface area contributed by atoms with Gasteiger partial charge in [0, 0.05) is 19.7 Å². The first-order valence-electron chi connectivity index (χ1n) is 5.25. The van der Waals surface area contributed by atoms with E-state index in [-0.39, 0.29) is 5.60 Å². The van der Waals surface area contributed by atoms with Crippen molar-refractivity contribution < 1.29 is 9.47 Å². The predicted octanol–water partition coefficient (Wildman–Crippen LogP) is 1.18. The smallest absolute Gasteiger partial charge is 0.104 e. The highest BCUT2D eigenvalue weighted by atomic mass is 16.5. The molecule has 13 heavy (non-hydrogen) atoms. The summed E-state index contributed by atoms with van der Waals surface area (Å²) in [6, 6.07) is 0. The SMILES string of the molecule is CCCOCC1(CC)CNCCO1. The highest BCUT2D eigenvalue weighted by Crippen LogP contribution is 2.18. The van der Waals surface area contributed by atoms with Crippen LogP contribution in [0.25, 0.3) is 0 Å². The van der Waals surface area contributed by atoms with Gasteiger partial charge in [-0.2, -0.15) is 0 Å². The lowest BCUT2D eigenvalue weighted by Gasteiger charge is -2.36. The summed E-state index contributed by atoms with van der Waals surface area (Å²) < 4.78 is 11.3. The Labute approximate surface area is 80.8 Å². The molecule has 1 unspecified atom stereocenters. The molecule has 3 heteroatoms. The molecule has 1 aliphatic rings. The Kier molecular flexibility index (Phi) is 4.70. The van der Waals surface area contributed by atoms with Gasteiger partial charge in [-0.1, -0.05) is 13.8 Å². The van der Waals surface area contributed by atoms with E-state index in [1.54, 1.807) is 0 Å². The third-order valence-electron chi connectivity index (χ3n) is 2.49. The molecule has 0 saturated carbocycles. The van der Waals surface area contributed by atoms with Gasteiger partial charge in [0.2, 0.25) is 0 Å². The van der Waals surface area contributed by atoms with Crippen LogP contribution in [0.2, 0.25) is 0 Å². The van der Waals surface area contributed by atoms with Gasteiger partial charge in [-0.25, -0.2) is 0 Å². The molecule has 0 bridgehead atoms. The van der Waals surface area contributed by atoms with Crippen LogP contribution in [0.4, 0.5) is 0 Å². The maximum atomic E-state index is 5.77. The average Bonchev–Trinajstić information content (AvgIpc) is 2.20. The van der Waals surface area contributed by atoms with Crippen molar-refractivity contribution in [3.05, 3.63) is 0 Å². The monoisotopic (exact) mass is 187 g/mol. The molecule has 1 aliphatic heterocycles. The lowest BCUT2D eigenvalue weighted by atomic mass is 10.0. The molecule has 3 nitrogen and oxygen atoms in total. The molecule has 78 valence electrons. The number of hydrogen-bond acceptors (Lipinski definition) is 3. The third kappa shape index (κ3) is 3.25. The van der Waals surface area contributed by atoms with E-state index in [0.717, 1.165) is 45.8 Å². The minimum Gasteiger partial charge on any atom is -0.378 e.